The molecule has 0 fully saturated rings. The first-order chi connectivity index (χ1) is 17.2. The van der Waals surface area contributed by atoms with Gasteiger partial charge in [0.1, 0.15) is 0 Å². The van der Waals surface area contributed by atoms with Gasteiger partial charge in [0, 0.05) is 0 Å². The SMILES string of the molecule is CCC[CH2][Sn]([CH2]CCC)([CH2]CCCCCCCCCCCO)[CH2]CCCCCCCCCCCO. The minimum Gasteiger partial charge on any atom is -0.396 e. The summed E-state index contributed by atoms with van der Waals surface area (Å²) in [4.78, 5) is 0. The first-order valence-corrected chi connectivity index (χ1v) is 24.5. The predicted octanol–water partition coefficient (Wildman–Crippen LogP) is 10.8. The van der Waals surface area contributed by atoms with Crippen LogP contribution in [-0.4, -0.2) is 41.8 Å². The minimum atomic E-state index is -1.94. The van der Waals surface area contributed by atoms with E-state index in [1.165, 1.54) is 128 Å². The smallest absolute Gasteiger partial charge is 0.396 e. The fraction of sp³-hybridized carbons (Fsp3) is 1.00. The fourth-order valence-corrected chi connectivity index (χ4v) is 22.2. The number of aliphatic hydroxyl groups excluding tert-OH is 2. The van der Waals surface area contributed by atoms with Crippen LogP contribution < -0.4 is 0 Å². The van der Waals surface area contributed by atoms with Gasteiger partial charge < -0.3 is 10.2 Å². The van der Waals surface area contributed by atoms with Crippen LogP contribution in [0.1, 0.15) is 168 Å². The van der Waals surface area contributed by atoms with Gasteiger partial charge in [0.25, 0.3) is 0 Å². The van der Waals surface area contributed by atoms with E-state index in [4.69, 9.17) is 10.2 Å². The maximum atomic E-state index is 8.87. The zero-order valence-electron chi connectivity index (χ0n) is 24.6. The third-order valence-electron chi connectivity index (χ3n) is 8.35. The van der Waals surface area contributed by atoms with E-state index in [0.717, 1.165) is 12.8 Å². The molecular formula is C32H68O2Sn. The molecule has 0 aliphatic carbocycles. The predicted molar refractivity (Wildman–Crippen MR) is 161 cm³/mol. The first kappa shape index (κ1) is 35.7. The van der Waals surface area contributed by atoms with Gasteiger partial charge in [-0.3, -0.25) is 0 Å². The minimum absolute atomic E-state index is 0.371. The molecule has 0 spiro atoms. The molecule has 0 aromatic carbocycles. The third-order valence-corrected chi connectivity index (χ3v) is 24.5. The second-order valence-corrected chi connectivity index (χ2v) is 26.0. The number of hydrogen-bond acceptors (Lipinski definition) is 2. The summed E-state index contributed by atoms with van der Waals surface area (Å²) in [5.74, 6) is 0. The Bertz CT molecular complexity index is 352. The van der Waals surface area contributed by atoms with Crippen molar-refractivity contribution < 1.29 is 10.2 Å². The van der Waals surface area contributed by atoms with Crippen LogP contribution in [0, 0.1) is 0 Å². The summed E-state index contributed by atoms with van der Waals surface area (Å²) in [5, 5.41) is 17.7. The van der Waals surface area contributed by atoms with E-state index in [0.29, 0.717) is 13.2 Å². The Morgan fingerprint density at radius 3 is 0.800 bits per heavy atom. The molecule has 0 unspecified atom stereocenters. The molecule has 35 heavy (non-hydrogen) atoms. The van der Waals surface area contributed by atoms with Crippen LogP contribution in [0.4, 0.5) is 0 Å². The standard InChI is InChI=1S/2C12H25O.2C4H9.Sn/c2*1-2-3-4-5-6-7-8-9-10-11-12-13;2*1-3-4-2;/h2*13H,1-12H2;2*1,3-4H2,2H3;. The number of aliphatic hydroxyl groups is 2. The molecule has 0 aliphatic heterocycles. The van der Waals surface area contributed by atoms with Gasteiger partial charge in [0.2, 0.25) is 0 Å². The molecule has 0 saturated heterocycles. The second kappa shape index (κ2) is 29.3. The maximum absolute atomic E-state index is 8.87. The number of unbranched alkanes of at least 4 members (excludes halogenated alkanes) is 20. The second-order valence-electron chi connectivity index (χ2n) is 11.7. The Morgan fingerprint density at radius 1 is 0.314 bits per heavy atom. The van der Waals surface area contributed by atoms with E-state index in [1.54, 1.807) is 30.6 Å². The number of rotatable bonds is 30. The van der Waals surface area contributed by atoms with Crippen molar-refractivity contribution in [2.75, 3.05) is 13.2 Å². The van der Waals surface area contributed by atoms with Gasteiger partial charge in [0.15, 0.2) is 0 Å². The van der Waals surface area contributed by atoms with E-state index < -0.39 is 18.4 Å². The van der Waals surface area contributed by atoms with Crippen molar-refractivity contribution in [3.63, 3.8) is 0 Å². The van der Waals surface area contributed by atoms with E-state index in [2.05, 4.69) is 13.8 Å². The average Bonchev–Trinajstić information content (AvgIpc) is 2.87. The first-order valence-electron chi connectivity index (χ1n) is 16.5. The van der Waals surface area contributed by atoms with E-state index in [-0.39, 0.29) is 0 Å². The molecule has 0 aromatic heterocycles. The molecule has 0 amide bonds. The summed E-state index contributed by atoms with van der Waals surface area (Å²) in [7, 11) is 0. The normalized spacial score (nSPS) is 12.0. The summed E-state index contributed by atoms with van der Waals surface area (Å²) in [5.41, 5.74) is 0. The van der Waals surface area contributed by atoms with Crippen LogP contribution in [0.2, 0.25) is 17.7 Å². The van der Waals surface area contributed by atoms with Crippen molar-refractivity contribution in [1.29, 1.82) is 0 Å². The fourth-order valence-electron chi connectivity index (χ4n) is 5.91. The zero-order chi connectivity index (χ0) is 25.7. The van der Waals surface area contributed by atoms with Crippen LogP contribution in [-0.2, 0) is 0 Å². The molecule has 0 radical (unpaired) electrons. The molecule has 212 valence electrons. The van der Waals surface area contributed by atoms with Crippen LogP contribution in [0.5, 0.6) is 0 Å². The quantitative estimate of drug-likeness (QED) is 0.0634. The van der Waals surface area contributed by atoms with Crippen molar-refractivity contribution in [2.24, 2.45) is 0 Å². The van der Waals surface area contributed by atoms with Crippen molar-refractivity contribution in [1.82, 2.24) is 0 Å². The van der Waals surface area contributed by atoms with Gasteiger partial charge in [-0.2, -0.15) is 0 Å². The number of hydrogen-bond donors (Lipinski definition) is 2. The Hall–Kier alpha value is 0.719. The molecule has 3 heteroatoms. The van der Waals surface area contributed by atoms with Crippen molar-refractivity contribution in [2.45, 2.75) is 186 Å². The topological polar surface area (TPSA) is 40.5 Å². The summed E-state index contributed by atoms with van der Waals surface area (Å²) >= 11 is -1.94. The summed E-state index contributed by atoms with van der Waals surface area (Å²) < 4.78 is 6.77. The molecule has 0 saturated carbocycles. The van der Waals surface area contributed by atoms with Gasteiger partial charge in [0.05, 0.1) is 0 Å². The van der Waals surface area contributed by atoms with Crippen molar-refractivity contribution >= 4 is 18.4 Å². The van der Waals surface area contributed by atoms with Gasteiger partial charge in [-0.25, -0.2) is 0 Å². The molecule has 0 aromatic rings. The average molecular weight is 604 g/mol. The van der Waals surface area contributed by atoms with E-state index in [9.17, 15) is 0 Å². The van der Waals surface area contributed by atoms with Crippen LogP contribution >= 0.6 is 0 Å². The summed E-state index contributed by atoms with van der Waals surface area (Å²) in [6.07, 6.45) is 33.3. The molecular weight excluding hydrogens is 535 g/mol. The Labute approximate surface area is 226 Å². The van der Waals surface area contributed by atoms with Crippen LogP contribution in [0.3, 0.4) is 0 Å². The molecule has 0 aliphatic rings. The molecule has 2 nitrogen and oxygen atoms in total. The van der Waals surface area contributed by atoms with Gasteiger partial charge in [-0.15, -0.1) is 0 Å². The monoisotopic (exact) mass is 604 g/mol. The molecule has 2 N–H and O–H groups in total. The molecule has 0 rings (SSSR count). The molecule has 0 bridgehead atoms. The molecule has 0 heterocycles. The van der Waals surface area contributed by atoms with Crippen molar-refractivity contribution in [3.8, 4) is 0 Å². The summed E-state index contributed by atoms with van der Waals surface area (Å²) in [6.45, 7) is 5.56. The van der Waals surface area contributed by atoms with E-state index >= 15 is 0 Å². The van der Waals surface area contributed by atoms with E-state index in [1.807, 2.05) is 0 Å². The third kappa shape index (κ3) is 24.8. The summed E-state index contributed by atoms with van der Waals surface area (Å²) in [6, 6.07) is 0. The Morgan fingerprint density at radius 2 is 0.543 bits per heavy atom. The van der Waals surface area contributed by atoms with Gasteiger partial charge >= 0.3 is 217 Å². The zero-order valence-corrected chi connectivity index (χ0v) is 27.5. The van der Waals surface area contributed by atoms with Crippen LogP contribution in [0.25, 0.3) is 0 Å². The Kier molecular flexibility index (Phi) is 29.9. The van der Waals surface area contributed by atoms with Gasteiger partial charge in [-0.05, 0) is 0 Å². The van der Waals surface area contributed by atoms with Gasteiger partial charge in [-0.1, -0.05) is 0 Å². The molecule has 0 atom stereocenters. The van der Waals surface area contributed by atoms with Crippen molar-refractivity contribution in [3.05, 3.63) is 0 Å². The van der Waals surface area contributed by atoms with Crippen LogP contribution in [0.15, 0.2) is 0 Å². The Balaban J connectivity index is 4.10.